The molecule has 1 aromatic carbocycles. The van der Waals surface area contributed by atoms with Gasteiger partial charge in [-0.2, -0.15) is 0 Å². The smallest absolute Gasteiger partial charge is 0.244 e. The maximum atomic E-state index is 12.1. The number of benzene rings is 1. The van der Waals surface area contributed by atoms with Gasteiger partial charge in [0.1, 0.15) is 5.69 Å². The molecule has 2 heterocycles. The third-order valence-corrected chi connectivity index (χ3v) is 5.23. The molecule has 140 valence electrons. The molecule has 5 heteroatoms. The zero-order valence-corrected chi connectivity index (χ0v) is 16.8. The van der Waals surface area contributed by atoms with Gasteiger partial charge in [0, 0.05) is 24.7 Å². The van der Waals surface area contributed by atoms with Crippen molar-refractivity contribution >= 4 is 23.3 Å². The van der Waals surface area contributed by atoms with Crippen LogP contribution in [-0.4, -0.2) is 22.4 Å². The number of hydrogen-bond acceptors (Lipinski definition) is 3. The van der Waals surface area contributed by atoms with Crippen LogP contribution in [0, 0.1) is 0 Å². The Balaban J connectivity index is 1.50. The van der Waals surface area contributed by atoms with E-state index < -0.39 is 0 Å². The van der Waals surface area contributed by atoms with E-state index in [2.05, 4.69) is 54.3 Å². The number of amides is 1. The van der Waals surface area contributed by atoms with Gasteiger partial charge in [-0.05, 0) is 34.1 Å². The molecule has 3 aromatic rings. The van der Waals surface area contributed by atoms with Crippen molar-refractivity contribution in [3.8, 4) is 10.6 Å². The first-order valence-electron chi connectivity index (χ1n) is 9.06. The van der Waals surface area contributed by atoms with Crippen LogP contribution in [0.5, 0.6) is 0 Å². The molecule has 0 aliphatic carbocycles. The summed E-state index contributed by atoms with van der Waals surface area (Å²) in [7, 11) is 0. The van der Waals surface area contributed by atoms with Gasteiger partial charge in [0.25, 0.3) is 0 Å². The number of aromatic amines is 1. The molecule has 27 heavy (non-hydrogen) atoms. The molecular formula is C22H25N3OS. The predicted molar refractivity (Wildman–Crippen MR) is 113 cm³/mol. The fourth-order valence-electron chi connectivity index (χ4n) is 2.77. The molecule has 2 N–H and O–H groups in total. The summed E-state index contributed by atoms with van der Waals surface area (Å²) in [5, 5.41) is 4.97. The van der Waals surface area contributed by atoms with Crippen LogP contribution >= 0.6 is 11.3 Å². The van der Waals surface area contributed by atoms with Crippen LogP contribution in [0.15, 0.2) is 54.2 Å². The molecular weight excluding hydrogens is 354 g/mol. The van der Waals surface area contributed by atoms with Crippen LogP contribution in [0.2, 0.25) is 0 Å². The van der Waals surface area contributed by atoms with E-state index in [-0.39, 0.29) is 11.3 Å². The highest BCUT2D eigenvalue weighted by molar-refractivity contribution is 7.13. The van der Waals surface area contributed by atoms with E-state index in [1.165, 1.54) is 5.56 Å². The Kier molecular flexibility index (Phi) is 5.91. The van der Waals surface area contributed by atoms with E-state index in [0.717, 1.165) is 21.8 Å². The first-order chi connectivity index (χ1) is 12.9. The third-order valence-electron chi connectivity index (χ3n) is 4.35. The van der Waals surface area contributed by atoms with Gasteiger partial charge in [0.05, 0.1) is 11.2 Å². The maximum Gasteiger partial charge on any atom is 0.244 e. The third kappa shape index (κ3) is 5.17. The Morgan fingerprint density at radius 2 is 2.00 bits per heavy atom. The minimum atomic E-state index is -0.0907. The molecule has 0 aliphatic rings. The van der Waals surface area contributed by atoms with Crippen molar-refractivity contribution in [2.24, 2.45) is 0 Å². The second-order valence-electron chi connectivity index (χ2n) is 7.45. The Bertz CT molecular complexity index is 900. The van der Waals surface area contributed by atoms with Gasteiger partial charge in [0.15, 0.2) is 0 Å². The summed E-state index contributed by atoms with van der Waals surface area (Å²) in [4.78, 5) is 20.8. The fraction of sp³-hybridized carbons (Fsp3) is 0.273. The van der Waals surface area contributed by atoms with Gasteiger partial charge in [-0.3, -0.25) is 4.79 Å². The van der Waals surface area contributed by atoms with E-state index in [1.54, 1.807) is 23.7 Å². The summed E-state index contributed by atoms with van der Waals surface area (Å²) in [6.45, 7) is 7.13. The van der Waals surface area contributed by atoms with E-state index in [0.29, 0.717) is 13.0 Å². The average Bonchev–Trinajstić information content (AvgIpc) is 3.31. The molecule has 4 nitrogen and oxygen atoms in total. The van der Waals surface area contributed by atoms with Gasteiger partial charge >= 0.3 is 0 Å². The number of carbonyl (C=O) groups excluding carboxylic acids is 1. The van der Waals surface area contributed by atoms with Gasteiger partial charge < -0.3 is 10.3 Å². The molecule has 0 unspecified atom stereocenters. The van der Waals surface area contributed by atoms with Crippen LogP contribution in [-0.2, 0) is 16.6 Å². The van der Waals surface area contributed by atoms with Gasteiger partial charge in [-0.15, -0.1) is 11.3 Å². The number of H-pyrrole nitrogens is 1. The van der Waals surface area contributed by atoms with Crippen molar-refractivity contribution in [2.75, 3.05) is 6.54 Å². The second-order valence-corrected chi connectivity index (χ2v) is 8.40. The highest BCUT2D eigenvalue weighted by Crippen LogP contribution is 2.25. The number of thiophene rings is 1. The number of nitrogens with zero attached hydrogens (tertiary/aromatic N) is 1. The average molecular weight is 380 g/mol. The van der Waals surface area contributed by atoms with Crippen LogP contribution < -0.4 is 5.32 Å². The summed E-state index contributed by atoms with van der Waals surface area (Å²) in [6, 6.07) is 12.4. The van der Waals surface area contributed by atoms with Crippen LogP contribution in [0.25, 0.3) is 16.6 Å². The highest BCUT2D eigenvalue weighted by atomic mass is 32.1. The standard InChI is InChI=1S/C22H25N3OS/c1-22(2,3)17-9-6-16(7-10-17)8-11-20(26)23-13-12-18-21(25-15-24-18)19-5-4-14-27-19/h4-11,14-15H,12-13H2,1-3H3,(H,23,26)(H,24,25)/b11-8+. The summed E-state index contributed by atoms with van der Waals surface area (Å²) in [6.07, 6.45) is 5.84. The molecule has 0 atom stereocenters. The number of rotatable bonds is 6. The minimum Gasteiger partial charge on any atom is -0.352 e. The molecule has 3 rings (SSSR count). The lowest BCUT2D eigenvalue weighted by Crippen LogP contribution is -2.23. The van der Waals surface area contributed by atoms with E-state index >= 15 is 0 Å². The van der Waals surface area contributed by atoms with Crippen LogP contribution in [0.4, 0.5) is 0 Å². The van der Waals surface area contributed by atoms with Gasteiger partial charge in [-0.25, -0.2) is 4.98 Å². The predicted octanol–water partition coefficient (Wildman–Crippen LogP) is 4.81. The van der Waals surface area contributed by atoms with E-state index in [9.17, 15) is 4.79 Å². The second kappa shape index (κ2) is 8.35. The Hall–Kier alpha value is -2.66. The molecule has 0 radical (unpaired) electrons. The molecule has 0 bridgehead atoms. The Labute approximate surface area is 164 Å². The molecule has 0 aliphatic heterocycles. The molecule has 2 aromatic heterocycles. The largest absolute Gasteiger partial charge is 0.352 e. The zero-order chi connectivity index (χ0) is 19.3. The first kappa shape index (κ1) is 19.1. The fourth-order valence-corrected chi connectivity index (χ4v) is 3.52. The normalized spacial score (nSPS) is 11.8. The van der Waals surface area contributed by atoms with Crippen LogP contribution in [0.1, 0.15) is 37.6 Å². The summed E-state index contributed by atoms with van der Waals surface area (Å²) in [5.41, 5.74) is 4.44. The minimum absolute atomic E-state index is 0.0907. The van der Waals surface area contributed by atoms with E-state index in [4.69, 9.17) is 0 Å². The highest BCUT2D eigenvalue weighted by Gasteiger charge is 2.12. The number of carbonyl (C=O) groups is 1. The van der Waals surface area contributed by atoms with Crippen molar-refractivity contribution in [1.82, 2.24) is 15.3 Å². The number of hydrogen-bond donors (Lipinski definition) is 2. The topological polar surface area (TPSA) is 57.8 Å². The summed E-state index contributed by atoms with van der Waals surface area (Å²) in [5.74, 6) is -0.0907. The molecule has 0 saturated carbocycles. The quantitative estimate of drug-likeness (QED) is 0.604. The molecule has 0 spiro atoms. The summed E-state index contributed by atoms with van der Waals surface area (Å²) >= 11 is 1.66. The molecule has 1 amide bonds. The van der Waals surface area contributed by atoms with Crippen molar-refractivity contribution in [2.45, 2.75) is 32.6 Å². The Morgan fingerprint density at radius 1 is 1.22 bits per heavy atom. The van der Waals surface area contributed by atoms with Crippen molar-refractivity contribution in [3.63, 3.8) is 0 Å². The molecule has 0 saturated heterocycles. The number of imidazole rings is 1. The van der Waals surface area contributed by atoms with Crippen molar-refractivity contribution in [1.29, 1.82) is 0 Å². The SMILES string of the molecule is CC(C)(C)c1ccc(/C=C/C(=O)NCCc2[nH]cnc2-c2cccs2)cc1. The van der Waals surface area contributed by atoms with Gasteiger partial charge in [-0.1, -0.05) is 51.1 Å². The Morgan fingerprint density at radius 3 is 2.67 bits per heavy atom. The number of aromatic nitrogens is 2. The lowest BCUT2D eigenvalue weighted by Gasteiger charge is -2.18. The monoisotopic (exact) mass is 379 g/mol. The number of nitrogens with one attached hydrogen (secondary N) is 2. The molecule has 0 fully saturated rings. The zero-order valence-electron chi connectivity index (χ0n) is 16.0. The maximum absolute atomic E-state index is 12.1. The summed E-state index contributed by atoms with van der Waals surface area (Å²) < 4.78 is 0. The van der Waals surface area contributed by atoms with Crippen molar-refractivity contribution < 1.29 is 4.79 Å². The van der Waals surface area contributed by atoms with Crippen molar-refractivity contribution in [3.05, 3.63) is 71.0 Å². The lowest BCUT2D eigenvalue weighted by atomic mass is 9.87. The van der Waals surface area contributed by atoms with Crippen LogP contribution in [0.3, 0.4) is 0 Å². The van der Waals surface area contributed by atoms with E-state index in [1.807, 2.05) is 29.7 Å². The van der Waals surface area contributed by atoms with Gasteiger partial charge in [0.2, 0.25) is 5.91 Å². The lowest BCUT2D eigenvalue weighted by molar-refractivity contribution is -0.116. The first-order valence-corrected chi connectivity index (χ1v) is 9.94.